The van der Waals surface area contributed by atoms with Crippen molar-refractivity contribution < 1.29 is 0 Å². The van der Waals surface area contributed by atoms with Crippen LogP contribution in [0.25, 0.3) is 0 Å². The zero-order chi connectivity index (χ0) is 12.4. The minimum atomic E-state index is 0.525. The predicted octanol–water partition coefficient (Wildman–Crippen LogP) is 1.93. The molecule has 0 radical (unpaired) electrons. The van der Waals surface area contributed by atoms with Gasteiger partial charge in [-0.05, 0) is 31.2 Å². The van der Waals surface area contributed by atoms with Gasteiger partial charge in [0.2, 0.25) is 5.95 Å². The summed E-state index contributed by atoms with van der Waals surface area (Å²) in [6.45, 7) is 5.24. The van der Waals surface area contributed by atoms with Crippen molar-refractivity contribution >= 4 is 5.95 Å². The molecule has 3 rings (SSSR count). The second kappa shape index (κ2) is 5.22. The quantitative estimate of drug-likeness (QED) is 0.865. The highest BCUT2D eigenvalue weighted by atomic mass is 15.3. The van der Waals surface area contributed by atoms with Crippen molar-refractivity contribution in [2.24, 2.45) is 0 Å². The highest BCUT2D eigenvalue weighted by Crippen LogP contribution is 2.33. The molecule has 0 amide bonds. The average molecular weight is 246 g/mol. The van der Waals surface area contributed by atoms with E-state index in [1.807, 2.05) is 12.4 Å². The SMILES string of the molecule is CC1CN(c2ncc(C3CCCC3)cn2)CCN1. The first-order chi connectivity index (χ1) is 8.83. The molecule has 0 bridgehead atoms. The fourth-order valence-corrected chi connectivity index (χ4v) is 3.08. The van der Waals surface area contributed by atoms with Gasteiger partial charge in [-0.2, -0.15) is 0 Å². The molecule has 4 nitrogen and oxygen atoms in total. The van der Waals surface area contributed by atoms with Crippen LogP contribution in [0.3, 0.4) is 0 Å². The summed E-state index contributed by atoms with van der Waals surface area (Å²) >= 11 is 0. The predicted molar refractivity (Wildman–Crippen MR) is 72.9 cm³/mol. The molecule has 2 heterocycles. The Labute approximate surface area is 109 Å². The van der Waals surface area contributed by atoms with Crippen LogP contribution in [0.2, 0.25) is 0 Å². The van der Waals surface area contributed by atoms with E-state index in [9.17, 15) is 0 Å². The van der Waals surface area contributed by atoms with Crippen molar-refractivity contribution in [1.82, 2.24) is 15.3 Å². The van der Waals surface area contributed by atoms with Gasteiger partial charge in [0, 0.05) is 38.1 Å². The molecule has 1 atom stereocenters. The van der Waals surface area contributed by atoms with Gasteiger partial charge < -0.3 is 10.2 Å². The molecule has 1 N–H and O–H groups in total. The molecule has 0 aromatic carbocycles. The Morgan fingerprint density at radius 2 is 1.94 bits per heavy atom. The van der Waals surface area contributed by atoms with Crippen molar-refractivity contribution in [3.8, 4) is 0 Å². The van der Waals surface area contributed by atoms with Crippen molar-refractivity contribution in [2.75, 3.05) is 24.5 Å². The molecule has 1 aromatic heterocycles. The number of hydrogen-bond acceptors (Lipinski definition) is 4. The molecule has 18 heavy (non-hydrogen) atoms. The van der Waals surface area contributed by atoms with Gasteiger partial charge >= 0.3 is 0 Å². The third kappa shape index (κ3) is 2.48. The van der Waals surface area contributed by atoms with Crippen LogP contribution in [-0.4, -0.2) is 35.6 Å². The molecule has 1 aliphatic carbocycles. The van der Waals surface area contributed by atoms with Crippen LogP contribution in [0.4, 0.5) is 5.95 Å². The fourth-order valence-electron chi connectivity index (χ4n) is 3.08. The molecule has 98 valence electrons. The first-order valence-electron chi connectivity index (χ1n) is 7.13. The van der Waals surface area contributed by atoms with E-state index in [2.05, 4.69) is 27.1 Å². The summed E-state index contributed by atoms with van der Waals surface area (Å²) in [6.07, 6.45) is 9.44. The standard InChI is InChI=1S/C14H22N4/c1-11-10-18(7-6-15-11)14-16-8-13(9-17-14)12-4-2-3-5-12/h8-9,11-12,15H,2-7,10H2,1H3. The van der Waals surface area contributed by atoms with E-state index in [4.69, 9.17) is 0 Å². The number of nitrogens with one attached hydrogen (secondary N) is 1. The van der Waals surface area contributed by atoms with Gasteiger partial charge in [0.05, 0.1) is 0 Å². The van der Waals surface area contributed by atoms with Gasteiger partial charge in [-0.15, -0.1) is 0 Å². The van der Waals surface area contributed by atoms with E-state index in [1.54, 1.807) is 0 Å². The van der Waals surface area contributed by atoms with Crippen LogP contribution in [0.5, 0.6) is 0 Å². The normalized spacial score (nSPS) is 25.6. The molecule has 4 heteroatoms. The van der Waals surface area contributed by atoms with Crippen LogP contribution in [-0.2, 0) is 0 Å². The van der Waals surface area contributed by atoms with Gasteiger partial charge in [0.1, 0.15) is 0 Å². The lowest BCUT2D eigenvalue weighted by molar-refractivity contribution is 0.479. The summed E-state index contributed by atoms with van der Waals surface area (Å²) < 4.78 is 0. The second-order valence-corrected chi connectivity index (χ2v) is 5.60. The van der Waals surface area contributed by atoms with Gasteiger partial charge in [-0.25, -0.2) is 9.97 Å². The lowest BCUT2D eigenvalue weighted by atomic mass is 10.0. The molecule has 1 unspecified atom stereocenters. The highest BCUT2D eigenvalue weighted by molar-refractivity contribution is 5.32. The summed E-state index contributed by atoms with van der Waals surface area (Å²) in [7, 11) is 0. The monoisotopic (exact) mass is 246 g/mol. The van der Waals surface area contributed by atoms with E-state index in [0.717, 1.165) is 25.6 Å². The molecule has 0 spiro atoms. The van der Waals surface area contributed by atoms with Crippen molar-refractivity contribution in [2.45, 2.75) is 44.6 Å². The molecular weight excluding hydrogens is 224 g/mol. The summed E-state index contributed by atoms with van der Waals surface area (Å²) in [5, 5.41) is 3.44. The van der Waals surface area contributed by atoms with Crippen LogP contribution >= 0.6 is 0 Å². The third-order valence-electron chi connectivity index (χ3n) is 4.14. The maximum Gasteiger partial charge on any atom is 0.225 e. The van der Waals surface area contributed by atoms with Crippen molar-refractivity contribution in [1.29, 1.82) is 0 Å². The number of hydrogen-bond donors (Lipinski definition) is 1. The number of rotatable bonds is 2. The van der Waals surface area contributed by atoms with Crippen LogP contribution in [0.1, 0.15) is 44.1 Å². The first kappa shape index (κ1) is 11.9. The van der Waals surface area contributed by atoms with E-state index < -0.39 is 0 Å². The lowest BCUT2D eigenvalue weighted by Gasteiger charge is -2.31. The Bertz CT molecular complexity index is 383. The molecule has 1 aromatic rings. The van der Waals surface area contributed by atoms with Gasteiger partial charge in [-0.3, -0.25) is 0 Å². The van der Waals surface area contributed by atoms with Crippen LogP contribution < -0.4 is 10.2 Å². The minimum Gasteiger partial charge on any atom is -0.338 e. The van der Waals surface area contributed by atoms with E-state index in [0.29, 0.717) is 12.0 Å². The van der Waals surface area contributed by atoms with Crippen LogP contribution in [0.15, 0.2) is 12.4 Å². The molecular formula is C14H22N4. The van der Waals surface area contributed by atoms with E-state index >= 15 is 0 Å². The second-order valence-electron chi connectivity index (χ2n) is 5.60. The zero-order valence-corrected chi connectivity index (χ0v) is 11.1. The average Bonchev–Trinajstić information content (AvgIpc) is 2.93. The topological polar surface area (TPSA) is 41.1 Å². The smallest absolute Gasteiger partial charge is 0.225 e. The molecule has 2 aliphatic rings. The first-order valence-corrected chi connectivity index (χ1v) is 7.13. The summed E-state index contributed by atoms with van der Waals surface area (Å²) in [5.74, 6) is 1.60. The number of nitrogens with zero attached hydrogens (tertiary/aromatic N) is 3. The third-order valence-corrected chi connectivity index (χ3v) is 4.14. The van der Waals surface area contributed by atoms with Gasteiger partial charge in [0.25, 0.3) is 0 Å². The largest absolute Gasteiger partial charge is 0.338 e. The van der Waals surface area contributed by atoms with E-state index in [1.165, 1.54) is 31.2 Å². The summed E-state index contributed by atoms with van der Waals surface area (Å²) in [6, 6.07) is 0.525. The Hall–Kier alpha value is -1.16. The van der Waals surface area contributed by atoms with Crippen molar-refractivity contribution in [3.05, 3.63) is 18.0 Å². The number of aromatic nitrogens is 2. The van der Waals surface area contributed by atoms with Gasteiger partial charge in [-0.1, -0.05) is 12.8 Å². The molecule has 2 fully saturated rings. The number of piperazine rings is 1. The molecule has 1 saturated heterocycles. The molecule has 1 saturated carbocycles. The van der Waals surface area contributed by atoms with Gasteiger partial charge in [0.15, 0.2) is 0 Å². The summed E-state index contributed by atoms with van der Waals surface area (Å²) in [4.78, 5) is 11.4. The Kier molecular flexibility index (Phi) is 3.46. The molecule has 1 aliphatic heterocycles. The Balaban J connectivity index is 1.70. The van der Waals surface area contributed by atoms with E-state index in [-0.39, 0.29) is 0 Å². The lowest BCUT2D eigenvalue weighted by Crippen LogP contribution is -2.49. The maximum atomic E-state index is 4.57. The zero-order valence-electron chi connectivity index (χ0n) is 11.1. The fraction of sp³-hybridized carbons (Fsp3) is 0.714. The maximum absolute atomic E-state index is 4.57. The Morgan fingerprint density at radius 1 is 1.22 bits per heavy atom. The summed E-state index contributed by atoms with van der Waals surface area (Å²) in [5.41, 5.74) is 1.33. The van der Waals surface area contributed by atoms with Crippen molar-refractivity contribution in [3.63, 3.8) is 0 Å². The minimum absolute atomic E-state index is 0.525. The van der Waals surface area contributed by atoms with Crippen LogP contribution in [0, 0.1) is 0 Å². The highest BCUT2D eigenvalue weighted by Gasteiger charge is 2.20. The number of anilines is 1. The Morgan fingerprint density at radius 3 is 2.61 bits per heavy atom.